The first-order valence-corrected chi connectivity index (χ1v) is 7.77. The van der Waals surface area contributed by atoms with Crippen LogP contribution in [0.15, 0.2) is 24.5 Å². The Morgan fingerprint density at radius 3 is 2.86 bits per heavy atom. The van der Waals surface area contributed by atoms with Crippen LogP contribution >= 0.6 is 0 Å². The molecule has 2 heterocycles. The molecule has 1 aromatic rings. The quantitative estimate of drug-likeness (QED) is 0.743. The second-order valence-corrected chi connectivity index (χ2v) is 5.64. The van der Waals surface area contributed by atoms with E-state index in [1.54, 1.807) is 13.3 Å². The van der Waals surface area contributed by atoms with Gasteiger partial charge in [-0.2, -0.15) is 0 Å². The molecule has 2 rings (SSSR count). The molecule has 118 valence electrons. The lowest BCUT2D eigenvalue weighted by Gasteiger charge is -2.34. The second kappa shape index (κ2) is 8.97. The zero-order valence-corrected chi connectivity index (χ0v) is 13.1. The Hall–Kier alpha value is -1.17. The summed E-state index contributed by atoms with van der Waals surface area (Å²) in [5.41, 5.74) is 1.12. The van der Waals surface area contributed by atoms with E-state index in [0.717, 1.165) is 25.3 Å². The van der Waals surface area contributed by atoms with E-state index in [0.29, 0.717) is 19.3 Å². The van der Waals surface area contributed by atoms with Crippen LogP contribution in [0.3, 0.4) is 0 Å². The summed E-state index contributed by atoms with van der Waals surface area (Å²) >= 11 is 0. The Bertz CT molecular complexity index is 380. The molecule has 5 heteroatoms. The van der Waals surface area contributed by atoms with Crippen molar-refractivity contribution >= 4 is 5.69 Å². The van der Waals surface area contributed by atoms with E-state index in [1.807, 2.05) is 12.3 Å². The summed E-state index contributed by atoms with van der Waals surface area (Å²) in [5.74, 6) is 0. The first-order valence-electron chi connectivity index (χ1n) is 7.77. The first kappa shape index (κ1) is 16.2. The molecule has 0 radical (unpaired) electrons. The number of hydrogen-bond acceptors (Lipinski definition) is 5. The number of pyridine rings is 1. The van der Waals surface area contributed by atoms with Gasteiger partial charge < -0.3 is 19.7 Å². The van der Waals surface area contributed by atoms with Gasteiger partial charge in [-0.3, -0.25) is 4.98 Å². The SMILES string of the molecule is COCCOC(C)CN1CCC(Nc2cccnc2)CC1. The van der Waals surface area contributed by atoms with E-state index in [2.05, 4.69) is 28.2 Å². The van der Waals surface area contributed by atoms with Gasteiger partial charge in [-0.25, -0.2) is 0 Å². The molecule has 0 saturated carbocycles. The predicted molar refractivity (Wildman–Crippen MR) is 84.6 cm³/mol. The van der Waals surface area contributed by atoms with Crippen LogP contribution in [-0.4, -0.2) is 62.0 Å². The van der Waals surface area contributed by atoms with Crippen molar-refractivity contribution in [1.29, 1.82) is 0 Å². The molecule has 0 aliphatic carbocycles. The van der Waals surface area contributed by atoms with E-state index >= 15 is 0 Å². The van der Waals surface area contributed by atoms with E-state index < -0.39 is 0 Å². The average molecular weight is 293 g/mol. The normalized spacial score (nSPS) is 18.6. The van der Waals surface area contributed by atoms with Gasteiger partial charge in [0, 0.05) is 45.2 Å². The number of likely N-dealkylation sites (tertiary alicyclic amines) is 1. The van der Waals surface area contributed by atoms with Gasteiger partial charge in [0.05, 0.1) is 25.0 Å². The molecule has 1 unspecified atom stereocenters. The molecule has 0 amide bonds. The number of rotatable bonds is 8. The number of nitrogens with zero attached hydrogens (tertiary/aromatic N) is 2. The largest absolute Gasteiger partial charge is 0.382 e. The van der Waals surface area contributed by atoms with Gasteiger partial charge in [-0.15, -0.1) is 0 Å². The third-order valence-corrected chi connectivity index (χ3v) is 3.83. The lowest BCUT2D eigenvalue weighted by molar-refractivity contribution is 0.00543. The fraction of sp³-hybridized carbons (Fsp3) is 0.688. The minimum absolute atomic E-state index is 0.267. The van der Waals surface area contributed by atoms with Crippen LogP contribution in [0.1, 0.15) is 19.8 Å². The lowest BCUT2D eigenvalue weighted by atomic mass is 10.0. The highest BCUT2D eigenvalue weighted by Gasteiger charge is 2.20. The molecule has 1 atom stereocenters. The summed E-state index contributed by atoms with van der Waals surface area (Å²) < 4.78 is 10.7. The Morgan fingerprint density at radius 2 is 2.19 bits per heavy atom. The summed E-state index contributed by atoms with van der Waals surface area (Å²) in [6.07, 6.45) is 6.29. The Kier molecular flexibility index (Phi) is 6.92. The van der Waals surface area contributed by atoms with Crippen LogP contribution in [-0.2, 0) is 9.47 Å². The molecule has 0 spiro atoms. The highest BCUT2D eigenvalue weighted by atomic mass is 16.5. The van der Waals surface area contributed by atoms with Crippen LogP contribution in [0, 0.1) is 0 Å². The fourth-order valence-corrected chi connectivity index (χ4v) is 2.69. The Labute approximate surface area is 127 Å². The van der Waals surface area contributed by atoms with E-state index in [9.17, 15) is 0 Å². The van der Waals surface area contributed by atoms with Crippen LogP contribution in [0.5, 0.6) is 0 Å². The van der Waals surface area contributed by atoms with Crippen molar-refractivity contribution in [3.8, 4) is 0 Å². The summed E-state index contributed by atoms with van der Waals surface area (Å²) in [7, 11) is 1.70. The number of methoxy groups -OCH3 is 1. The highest BCUT2D eigenvalue weighted by Crippen LogP contribution is 2.16. The Balaban J connectivity index is 1.64. The van der Waals surface area contributed by atoms with Crippen molar-refractivity contribution < 1.29 is 9.47 Å². The molecule has 0 aromatic carbocycles. The number of nitrogens with one attached hydrogen (secondary N) is 1. The van der Waals surface area contributed by atoms with Crippen LogP contribution < -0.4 is 5.32 Å². The maximum absolute atomic E-state index is 5.72. The van der Waals surface area contributed by atoms with Gasteiger partial charge in [-0.05, 0) is 31.9 Å². The third-order valence-electron chi connectivity index (χ3n) is 3.83. The highest BCUT2D eigenvalue weighted by molar-refractivity contribution is 5.40. The molecular weight excluding hydrogens is 266 g/mol. The molecule has 1 fully saturated rings. The molecule has 1 N–H and O–H groups in total. The van der Waals surface area contributed by atoms with E-state index in [1.165, 1.54) is 12.8 Å². The topological polar surface area (TPSA) is 46.6 Å². The van der Waals surface area contributed by atoms with Crippen LogP contribution in [0.4, 0.5) is 5.69 Å². The molecule has 1 saturated heterocycles. The van der Waals surface area contributed by atoms with Gasteiger partial charge in [0.25, 0.3) is 0 Å². The number of ether oxygens (including phenoxy) is 2. The zero-order valence-electron chi connectivity index (χ0n) is 13.1. The number of hydrogen-bond donors (Lipinski definition) is 1. The average Bonchev–Trinajstić information content (AvgIpc) is 2.51. The van der Waals surface area contributed by atoms with Gasteiger partial charge >= 0.3 is 0 Å². The summed E-state index contributed by atoms with van der Waals surface area (Å²) in [6.45, 7) is 6.73. The smallest absolute Gasteiger partial charge is 0.0704 e. The van der Waals surface area contributed by atoms with Crippen molar-refractivity contribution in [3.05, 3.63) is 24.5 Å². The molecule has 0 bridgehead atoms. The van der Waals surface area contributed by atoms with Crippen molar-refractivity contribution in [2.24, 2.45) is 0 Å². The molecule has 1 aromatic heterocycles. The predicted octanol–water partition coefficient (Wildman–Crippen LogP) is 2.01. The monoisotopic (exact) mass is 293 g/mol. The summed E-state index contributed by atoms with van der Waals surface area (Å²) in [4.78, 5) is 6.63. The number of aromatic nitrogens is 1. The maximum Gasteiger partial charge on any atom is 0.0704 e. The lowest BCUT2D eigenvalue weighted by Crippen LogP contribution is -2.42. The molecule has 21 heavy (non-hydrogen) atoms. The van der Waals surface area contributed by atoms with Crippen molar-refractivity contribution in [1.82, 2.24) is 9.88 Å². The minimum Gasteiger partial charge on any atom is -0.382 e. The number of anilines is 1. The van der Waals surface area contributed by atoms with Crippen molar-refractivity contribution in [3.63, 3.8) is 0 Å². The van der Waals surface area contributed by atoms with Crippen LogP contribution in [0.2, 0.25) is 0 Å². The van der Waals surface area contributed by atoms with Crippen molar-refractivity contribution in [2.75, 3.05) is 45.3 Å². The number of piperidine rings is 1. The fourth-order valence-electron chi connectivity index (χ4n) is 2.69. The summed E-state index contributed by atoms with van der Waals surface area (Å²) in [5, 5.41) is 3.56. The van der Waals surface area contributed by atoms with Gasteiger partial charge in [0.2, 0.25) is 0 Å². The first-order chi connectivity index (χ1) is 10.3. The van der Waals surface area contributed by atoms with E-state index in [-0.39, 0.29) is 6.10 Å². The Morgan fingerprint density at radius 1 is 1.38 bits per heavy atom. The standard InChI is InChI=1S/C16H27N3O2/c1-14(21-11-10-20-2)13-19-8-5-15(6-9-19)18-16-4-3-7-17-12-16/h3-4,7,12,14-15,18H,5-6,8-11,13H2,1-2H3. The van der Waals surface area contributed by atoms with Crippen molar-refractivity contribution in [2.45, 2.75) is 31.9 Å². The second-order valence-electron chi connectivity index (χ2n) is 5.64. The maximum atomic E-state index is 5.72. The molecular formula is C16H27N3O2. The zero-order chi connectivity index (χ0) is 14.9. The van der Waals surface area contributed by atoms with Gasteiger partial charge in [0.15, 0.2) is 0 Å². The molecule has 1 aliphatic rings. The third kappa shape index (κ3) is 5.99. The minimum atomic E-state index is 0.267. The molecule has 5 nitrogen and oxygen atoms in total. The van der Waals surface area contributed by atoms with E-state index in [4.69, 9.17) is 9.47 Å². The van der Waals surface area contributed by atoms with Crippen LogP contribution in [0.25, 0.3) is 0 Å². The summed E-state index contributed by atoms with van der Waals surface area (Å²) in [6, 6.07) is 4.59. The van der Waals surface area contributed by atoms with Gasteiger partial charge in [0.1, 0.15) is 0 Å². The molecule has 1 aliphatic heterocycles. The van der Waals surface area contributed by atoms with Gasteiger partial charge in [-0.1, -0.05) is 0 Å².